The van der Waals surface area contributed by atoms with E-state index in [0.29, 0.717) is 0 Å². The lowest BCUT2D eigenvalue weighted by molar-refractivity contribution is -0.384. The molecule has 0 atom stereocenters. The van der Waals surface area contributed by atoms with Gasteiger partial charge in [0.2, 0.25) is 0 Å². The minimum Gasteiger partial charge on any atom is -0.345 e. The van der Waals surface area contributed by atoms with Crippen molar-refractivity contribution in [2.24, 2.45) is 0 Å². The van der Waals surface area contributed by atoms with E-state index in [4.69, 9.17) is 0 Å². The van der Waals surface area contributed by atoms with Crippen LogP contribution in [0.15, 0.2) is 24.3 Å². The standard InChI is InChI=1S/C13H16N2O2/c1-3-5-11-8-10-9-12(15(16)17)6-7-13(10)14(11)4-2/h6-9H,3-5H2,1-2H3. The van der Waals surface area contributed by atoms with E-state index in [1.807, 2.05) is 6.07 Å². The highest BCUT2D eigenvalue weighted by molar-refractivity contribution is 5.83. The first-order chi connectivity index (χ1) is 8.17. The summed E-state index contributed by atoms with van der Waals surface area (Å²) in [6, 6.07) is 7.14. The molecule has 0 aliphatic carbocycles. The molecule has 2 aromatic rings. The minimum absolute atomic E-state index is 0.161. The number of hydrogen-bond donors (Lipinski definition) is 0. The van der Waals surface area contributed by atoms with E-state index < -0.39 is 0 Å². The van der Waals surface area contributed by atoms with Crippen LogP contribution in [0.25, 0.3) is 10.9 Å². The second-order valence-electron chi connectivity index (χ2n) is 4.13. The van der Waals surface area contributed by atoms with Gasteiger partial charge in [-0.1, -0.05) is 13.3 Å². The maximum Gasteiger partial charge on any atom is 0.270 e. The SMILES string of the molecule is CCCc1cc2cc([N+](=O)[O-])ccc2n1CC. The second kappa shape index (κ2) is 4.57. The molecular weight excluding hydrogens is 216 g/mol. The predicted octanol–water partition coefficient (Wildman–Crippen LogP) is 3.52. The van der Waals surface area contributed by atoms with Gasteiger partial charge in [0.25, 0.3) is 5.69 Å². The number of aryl methyl sites for hydroxylation is 2. The largest absolute Gasteiger partial charge is 0.345 e. The molecule has 1 heterocycles. The normalized spacial score (nSPS) is 10.9. The third kappa shape index (κ3) is 2.02. The predicted molar refractivity (Wildman–Crippen MR) is 68.3 cm³/mol. The van der Waals surface area contributed by atoms with Crippen molar-refractivity contribution in [3.05, 3.63) is 40.1 Å². The number of nitro benzene ring substituents is 1. The summed E-state index contributed by atoms with van der Waals surface area (Å²) in [5.74, 6) is 0. The lowest BCUT2D eigenvalue weighted by Gasteiger charge is -2.06. The van der Waals surface area contributed by atoms with Crippen LogP contribution >= 0.6 is 0 Å². The molecule has 0 bridgehead atoms. The van der Waals surface area contributed by atoms with Gasteiger partial charge in [0.1, 0.15) is 0 Å². The number of benzene rings is 1. The van der Waals surface area contributed by atoms with E-state index in [0.717, 1.165) is 30.3 Å². The van der Waals surface area contributed by atoms with Gasteiger partial charge in [0.05, 0.1) is 4.92 Å². The van der Waals surface area contributed by atoms with Crippen molar-refractivity contribution in [3.63, 3.8) is 0 Å². The van der Waals surface area contributed by atoms with Crippen LogP contribution in [0.3, 0.4) is 0 Å². The van der Waals surface area contributed by atoms with Crippen molar-refractivity contribution in [1.29, 1.82) is 0 Å². The molecule has 0 spiro atoms. The fraction of sp³-hybridized carbons (Fsp3) is 0.385. The topological polar surface area (TPSA) is 48.1 Å². The van der Waals surface area contributed by atoms with Crippen molar-refractivity contribution in [1.82, 2.24) is 4.57 Å². The molecule has 0 unspecified atom stereocenters. The van der Waals surface area contributed by atoms with Gasteiger partial charge in [-0.3, -0.25) is 10.1 Å². The van der Waals surface area contributed by atoms with E-state index in [9.17, 15) is 10.1 Å². The summed E-state index contributed by atoms with van der Waals surface area (Å²) in [7, 11) is 0. The highest BCUT2D eigenvalue weighted by atomic mass is 16.6. The zero-order valence-corrected chi connectivity index (χ0v) is 10.1. The Kier molecular flexibility index (Phi) is 3.13. The molecule has 0 amide bonds. The first-order valence-electron chi connectivity index (χ1n) is 5.94. The molecule has 0 aliphatic heterocycles. The monoisotopic (exact) mass is 232 g/mol. The molecule has 90 valence electrons. The van der Waals surface area contributed by atoms with Gasteiger partial charge >= 0.3 is 0 Å². The third-order valence-corrected chi connectivity index (χ3v) is 3.00. The highest BCUT2D eigenvalue weighted by Gasteiger charge is 2.11. The lowest BCUT2D eigenvalue weighted by atomic mass is 10.2. The van der Waals surface area contributed by atoms with Crippen molar-refractivity contribution in [2.45, 2.75) is 33.2 Å². The molecule has 4 nitrogen and oxygen atoms in total. The minimum atomic E-state index is -0.345. The zero-order chi connectivity index (χ0) is 12.4. The number of rotatable bonds is 4. The molecule has 0 aliphatic rings. The molecule has 0 fully saturated rings. The van der Waals surface area contributed by atoms with Crippen LogP contribution in [0.2, 0.25) is 0 Å². The van der Waals surface area contributed by atoms with E-state index >= 15 is 0 Å². The van der Waals surface area contributed by atoms with Crippen molar-refractivity contribution < 1.29 is 4.92 Å². The quantitative estimate of drug-likeness (QED) is 0.598. The Morgan fingerprint density at radius 3 is 2.65 bits per heavy atom. The van der Waals surface area contributed by atoms with Crippen LogP contribution in [-0.4, -0.2) is 9.49 Å². The molecule has 0 radical (unpaired) electrons. The van der Waals surface area contributed by atoms with Crippen molar-refractivity contribution in [3.8, 4) is 0 Å². The lowest BCUT2D eigenvalue weighted by Crippen LogP contribution is -1.99. The average molecular weight is 232 g/mol. The summed E-state index contributed by atoms with van der Waals surface area (Å²) in [4.78, 5) is 10.4. The van der Waals surface area contributed by atoms with Crippen LogP contribution < -0.4 is 0 Å². The Balaban J connectivity index is 2.60. The van der Waals surface area contributed by atoms with Gasteiger partial charge in [-0.15, -0.1) is 0 Å². The molecule has 1 aromatic heterocycles. The van der Waals surface area contributed by atoms with Crippen LogP contribution in [-0.2, 0) is 13.0 Å². The fourth-order valence-electron chi connectivity index (χ4n) is 2.27. The molecular formula is C13H16N2O2. The average Bonchev–Trinajstić information content (AvgIpc) is 2.65. The van der Waals surface area contributed by atoms with Gasteiger partial charge in [0, 0.05) is 35.3 Å². The van der Waals surface area contributed by atoms with Gasteiger partial charge in [-0.25, -0.2) is 0 Å². The van der Waals surface area contributed by atoms with Gasteiger partial charge in [0.15, 0.2) is 0 Å². The molecule has 0 saturated carbocycles. The zero-order valence-electron chi connectivity index (χ0n) is 10.1. The fourth-order valence-corrected chi connectivity index (χ4v) is 2.27. The van der Waals surface area contributed by atoms with Gasteiger partial charge in [-0.2, -0.15) is 0 Å². The smallest absolute Gasteiger partial charge is 0.270 e. The summed E-state index contributed by atoms with van der Waals surface area (Å²) in [6.45, 7) is 5.14. The first kappa shape index (κ1) is 11.6. The van der Waals surface area contributed by atoms with Crippen LogP contribution in [0.4, 0.5) is 5.69 Å². The molecule has 17 heavy (non-hydrogen) atoms. The molecule has 4 heteroatoms. The summed E-state index contributed by atoms with van der Waals surface area (Å²) in [5, 5.41) is 11.7. The summed E-state index contributed by atoms with van der Waals surface area (Å²) in [6.07, 6.45) is 2.09. The second-order valence-corrected chi connectivity index (χ2v) is 4.13. The van der Waals surface area contributed by atoms with Gasteiger partial charge < -0.3 is 4.57 Å². The number of non-ortho nitro benzene ring substituents is 1. The Labute approximate surface area is 100 Å². The molecule has 2 rings (SSSR count). The summed E-state index contributed by atoms with van der Waals surface area (Å²) >= 11 is 0. The summed E-state index contributed by atoms with van der Waals surface area (Å²) < 4.78 is 2.22. The molecule has 0 saturated heterocycles. The van der Waals surface area contributed by atoms with Crippen LogP contribution in [0.5, 0.6) is 0 Å². The highest BCUT2D eigenvalue weighted by Crippen LogP contribution is 2.25. The maximum atomic E-state index is 10.7. The Hall–Kier alpha value is -1.84. The number of aromatic nitrogens is 1. The van der Waals surface area contributed by atoms with Crippen LogP contribution in [0, 0.1) is 10.1 Å². The Morgan fingerprint density at radius 1 is 1.29 bits per heavy atom. The molecule has 1 aromatic carbocycles. The first-order valence-corrected chi connectivity index (χ1v) is 5.94. The Morgan fingerprint density at radius 2 is 2.06 bits per heavy atom. The third-order valence-electron chi connectivity index (χ3n) is 3.00. The Bertz CT molecular complexity index is 558. The van der Waals surface area contributed by atoms with E-state index in [2.05, 4.69) is 24.5 Å². The van der Waals surface area contributed by atoms with Crippen molar-refractivity contribution >= 4 is 16.6 Å². The van der Waals surface area contributed by atoms with Crippen LogP contribution in [0.1, 0.15) is 26.0 Å². The van der Waals surface area contributed by atoms with E-state index in [1.54, 1.807) is 12.1 Å². The van der Waals surface area contributed by atoms with Gasteiger partial charge in [-0.05, 0) is 25.5 Å². The molecule has 0 N–H and O–H groups in total. The number of nitrogens with zero attached hydrogens (tertiary/aromatic N) is 2. The summed E-state index contributed by atoms with van der Waals surface area (Å²) in [5.41, 5.74) is 2.50. The number of nitro groups is 1. The van der Waals surface area contributed by atoms with E-state index in [1.165, 1.54) is 5.69 Å². The van der Waals surface area contributed by atoms with E-state index in [-0.39, 0.29) is 10.6 Å². The maximum absolute atomic E-state index is 10.7. The number of hydrogen-bond acceptors (Lipinski definition) is 2. The number of fused-ring (bicyclic) bond motifs is 1. The van der Waals surface area contributed by atoms with Crippen molar-refractivity contribution in [2.75, 3.05) is 0 Å².